The Morgan fingerprint density at radius 1 is 1.56 bits per heavy atom. The highest BCUT2D eigenvalue weighted by Crippen LogP contribution is 2.34. The number of amides is 1. The van der Waals surface area contributed by atoms with Crippen molar-refractivity contribution in [2.24, 2.45) is 5.73 Å². The number of fused-ring (bicyclic) bond motifs is 1. The lowest BCUT2D eigenvalue weighted by Crippen LogP contribution is -2.37. The zero-order valence-electron chi connectivity index (χ0n) is 10.5. The Morgan fingerprint density at radius 3 is 3.11 bits per heavy atom. The molecule has 5 heteroatoms. The highest BCUT2D eigenvalue weighted by Gasteiger charge is 2.22. The van der Waals surface area contributed by atoms with Gasteiger partial charge in [-0.15, -0.1) is 23.5 Å². The van der Waals surface area contributed by atoms with Crippen molar-refractivity contribution in [2.75, 3.05) is 29.5 Å². The second kappa shape index (κ2) is 6.50. The lowest BCUT2D eigenvalue weighted by molar-refractivity contribution is -0.116. The molecule has 3 nitrogen and oxygen atoms in total. The van der Waals surface area contributed by atoms with E-state index in [1.54, 1.807) is 11.8 Å². The summed E-state index contributed by atoms with van der Waals surface area (Å²) < 4.78 is 0. The quantitative estimate of drug-likeness (QED) is 0.919. The Balaban J connectivity index is 2.04. The van der Waals surface area contributed by atoms with E-state index in [9.17, 15) is 4.79 Å². The molecule has 0 bridgehead atoms. The van der Waals surface area contributed by atoms with Crippen molar-refractivity contribution in [1.82, 2.24) is 0 Å². The van der Waals surface area contributed by atoms with Crippen LogP contribution in [0.5, 0.6) is 0 Å². The maximum atomic E-state index is 12.2. The summed E-state index contributed by atoms with van der Waals surface area (Å²) in [5.41, 5.74) is 6.62. The molecule has 0 aromatic heterocycles. The Hall–Kier alpha value is -0.650. The molecule has 0 saturated carbocycles. The first-order valence-electron chi connectivity index (χ1n) is 6.06. The SMILES string of the molecule is CC(CN)SCC(=O)N1CCSc2ccccc21. The number of thioether (sulfide) groups is 2. The van der Waals surface area contributed by atoms with Crippen molar-refractivity contribution in [3.63, 3.8) is 0 Å². The molecule has 1 aliphatic heterocycles. The van der Waals surface area contributed by atoms with E-state index in [1.807, 2.05) is 34.9 Å². The molecule has 1 amide bonds. The number of hydrogen-bond donors (Lipinski definition) is 1. The van der Waals surface area contributed by atoms with Crippen molar-refractivity contribution in [2.45, 2.75) is 17.1 Å². The van der Waals surface area contributed by atoms with Crippen LogP contribution >= 0.6 is 23.5 Å². The summed E-state index contributed by atoms with van der Waals surface area (Å²) in [4.78, 5) is 15.3. The summed E-state index contributed by atoms with van der Waals surface area (Å²) >= 11 is 3.45. The molecule has 0 saturated heterocycles. The zero-order valence-corrected chi connectivity index (χ0v) is 12.1. The molecule has 0 spiro atoms. The second-order valence-electron chi connectivity index (χ2n) is 4.22. The molecule has 2 N–H and O–H groups in total. The van der Waals surface area contributed by atoms with Gasteiger partial charge in [-0.25, -0.2) is 0 Å². The van der Waals surface area contributed by atoms with Crippen LogP contribution in [0.1, 0.15) is 6.92 Å². The van der Waals surface area contributed by atoms with Crippen LogP contribution in [-0.2, 0) is 4.79 Å². The van der Waals surface area contributed by atoms with E-state index in [4.69, 9.17) is 5.73 Å². The third-order valence-corrected chi connectivity index (χ3v) is 5.07. The number of anilines is 1. The number of benzene rings is 1. The van der Waals surface area contributed by atoms with Gasteiger partial charge in [0, 0.05) is 29.0 Å². The Morgan fingerprint density at radius 2 is 2.33 bits per heavy atom. The fourth-order valence-corrected chi connectivity index (χ4v) is 3.50. The van der Waals surface area contributed by atoms with E-state index in [1.165, 1.54) is 4.90 Å². The number of para-hydroxylation sites is 1. The fraction of sp³-hybridized carbons (Fsp3) is 0.462. The predicted molar refractivity (Wildman–Crippen MR) is 80.5 cm³/mol. The number of carbonyl (C=O) groups excluding carboxylic acids is 1. The summed E-state index contributed by atoms with van der Waals surface area (Å²) in [6.07, 6.45) is 0. The number of rotatable bonds is 4. The van der Waals surface area contributed by atoms with Gasteiger partial charge in [-0.05, 0) is 12.1 Å². The van der Waals surface area contributed by atoms with Gasteiger partial charge in [0.15, 0.2) is 0 Å². The molecule has 98 valence electrons. The second-order valence-corrected chi connectivity index (χ2v) is 6.78. The van der Waals surface area contributed by atoms with Gasteiger partial charge < -0.3 is 10.6 Å². The molecule has 1 atom stereocenters. The molecule has 18 heavy (non-hydrogen) atoms. The summed E-state index contributed by atoms with van der Waals surface area (Å²) in [5, 5.41) is 0.336. The fourth-order valence-electron chi connectivity index (χ4n) is 1.79. The van der Waals surface area contributed by atoms with E-state index in [0.29, 0.717) is 17.5 Å². The number of nitrogens with two attached hydrogens (primary N) is 1. The number of hydrogen-bond acceptors (Lipinski definition) is 4. The van der Waals surface area contributed by atoms with Gasteiger partial charge in [-0.1, -0.05) is 19.1 Å². The van der Waals surface area contributed by atoms with Crippen LogP contribution < -0.4 is 10.6 Å². The average molecular weight is 282 g/mol. The minimum atomic E-state index is 0.188. The zero-order chi connectivity index (χ0) is 13.0. The molecule has 0 radical (unpaired) electrons. The Kier molecular flexibility index (Phi) is 4.97. The number of carbonyl (C=O) groups is 1. The van der Waals surface area contributed by atoms with Gasteiger partial charge >= 0.3 is 0 Å². The molecule has 1 aromatic carbocycles. The van der Waals surface area contributed by atoms with Crippen LogP contribution in [0, 0.1) is 0 Å². The molecule has 1 unspecified atom stereocenters. The molecule has 2 rings (SSSR count). The first-order valence-corrected chi connectivity index (χ1v) is 8.09. The molecule has 1 aliphatic rings. The topological polar surface area (TPSA) is 46.3 Å². The van der Waals surface area contributed by atoms with Gasteiger partial charge in [0.05, 0.1) is 11.4 Å². The van der Waals surface area contributed by atoms with E-state index < -0.39 is 0 Å². The normalized spacial score (nSPS) is 16.2. The smallest absolute Gasteiger partial charge is 0.237 e. The van der Waals surface area contributed by atoms with Crippen LogP contribution in [0.2, 0.25) is 0 Å². The Labute approximate surface area is 116 Å². The van der Waals surface area contributed by atoms with Crippen molar-refractivity contribution >= 4 is 35.1 Å². The summed E-state index contributed by atoms with van der Waals surface area (Å²) in [7, 11) is 0. The highest BCUT2D eigenvalue weighted by atomic mass is 32.2. The molecular weight excluding hydrogens is 264 g/mol. The van der Waals surface area contributed by atoms with Crippen molar-refractivity contribution < 1.29 is 4.79 Å². The minimum absolute atomic E-state index is 0.188. The lowest BCUT2D eigenvalue weighted by atomic mass is 10.3. The van der Waals surface area contributed by atoms with E-state index in [0.717, 1.165) is 18.0 Å². The maximum Gasteiger partial charge on any atom is 0.237 e. The van der Waals surface area contributed by atoms with Crippen LogP contribution in [0.25, 0.3) is 0 Å². The summed E-state index contributed by atoms with van der Waals surface area (Å²) in [6, 6.07) is 8.11. The largest absolute Gasteiger partial charge is 0.329 e. The van der Waals surface area contributed by atoms with E-state index in [-0.39, 0.29) is 5.91 Å². The van der Waals surface area contributed by atoms with Crippen LogP contribution in [0.15, 0.2) is 29.2 Å². The standard InChI is InChI=1S/C13H18N2OS2/c1-10(8-14)18-9-13(16)15-6-7-17-12-5-3-2-4-11(12)15/h2-5,10H,6-9,14H2,1H3. The minimum Gasteiger partial charge on any atom is -0.329 e. The third kappa shape index (κ3) is 3.22. The van der Waals surface area contributed by atoms with Crippen molar-refractivity contribution in [3.8, 4) is 0 Å². The van der Waals surface area contributed by atoms with Gasteiger partial charge in [0.1, 0.15) is 0 Å². The molecule has 1 aromatic rings. The lowest BCUT2D eigenvalue weighted by Gasteiger charge is -2.29. The number of nitrogens with zero attached hydrogens (tertiary/aromatic N) is 1. The van der Waals surface area contributed by atoms with E-state index >= 15 is 0 Å². The van der Waals surface area contributed by atoms with Crippen LogP contribution in [0.3, 0.4) is 0 Å². The first kappa shape index (κ1) is 13.8. The van der Waals surface area contributed by atoms with Crippen molar-refractivity contribution in [3.05, 3.63) is 24.3 Å². The van der Waals surface area contributed by atoms with Gasteiger partial charge in [0.25, 0.3) is 0 Å². The van der Waals surface area contributed by atoms with Gasteiger partial charge in [-0.3, -0.25) is 4.79 Å². The van der Waals surface area contributed by atoms with Gasteiger partial charge in [-0.2, -0.15) is 0 Å². The monoisotopic (exact) mass is 282 g/mol. The maximum absolute atomic E-state index is 12.2. The van der Waals surface area contributed by atoms with Crippen molar-refractivity contribution in [1.29, 1.82) is 0 Å². The summed E-state index contributed by atoms with van der Waals surface area (Å²) in [6.45, 7) is 3.47. The van der Waals surface area contributed by atoms with Crippen LogP contribution in [0.4, 0.5) is 5.69 Å². The van der Waals surface area contributed by atoms with Gasteiger partial charge in [0.2, 0.25) is 5.91 Å². The van der Waals surface area contributed by atoms with Crippen LogP contribution in [-0.4, -0.2) is 35.8 Å². The molecular formula is C13H18N2OS2. The Bertz CT molecular complexity index is 425. The first-order chi connectivity index (χ1) is 8.72. The summed E-state index contributed by atoms with van der Waals surface area (Å²) in [5.74, 6) is 1.67. The third-order valence-electron chi connectivity index (χ3n) is 2.85. The van der Waals surface area contributed by atoms with E-state index in [2.05, 4.69) is 13.0 Å². The molecule has 1 heterocycles. The molecule has 0 fully saturated rings. The predicted octanol–water partition coefficient (Wildman–Crippen LogP) is 2.21. The highest BCUT2D eigenvalue weighted by molar-refractivity contribution is 8.00. The average Bonchev–Trinajstić information content (AvgIpc) is 2.43. The molecule has 0 aliphatic carbocycles.